The maximum atomic E-state index is 14.1. The third-order valence-electron chi connectivity index (χ3n) is 5.29. The zero-order valence-corrected chi connectivity index (χ0v) is 18.5. The van der Waals surface area contributed by atoms with E-state index in [1.165, 1.54) is 18.2 Å². The normalized spacial score (nSPS) is 21.5. The molecule has 1 saturated carbocycles. The smallest absolute Gasteiger partial charge is 0.374 e. The lowest BCUT2D eigenvalue weighted by Gasteiger charge is -2.29. The number of nitrogens with zero attached hydrogens (tertiary/aromatic N) is 1. The van der Waals surface area contributed by atoms with E-state index in [9.17, 15) is 21.6 Å². The number of anilines is 1. The highest BCUT2D eigenvalue weighted by Gasteiger charge is 2.62. The Bertz CT molecular complexity index is 1160. The Morgan fingerprint density at radius 3 is 2.32 bits per heavy atom. The van der Waals surface area contributed by atoms with Gasteiger partial charge in [-0.3, -0.25) is 4.72 Å². The summed E-state index contributed by atoms with van der Waals surface area (Å²) in [4.78, 5) is 4.99. The van der Waals surface area contributed by atoms with Gasteiger partial charge in [0.25, 0.3) is 5.60 Å². The molecular weight excluding hydrogens is 476 g/mol. The van der Waals surface area contributed by atoms with Gasteiger partial charge in [0.05, 0.1) is 16.6 Å². The number of sulfonamides is 1. The summed E-state index contributed by atoms with van der Waals surface area (Å²) in [6.45, 7) is 1.67. The molecule has 2 aromatic carbocycles. The molecule has 1 aliphatic carbocycles. The number of halogens is 5. The first-order valence-corrected chi connectivity index (χ1v) is 11.6. The summed E-state index contributed by atoms with van der Waals surface area (Å²) in [6, 6.07) is 8.23. The van der Waals surface area contributed by atoms with Gasteiger partial charge in [0.1, 0.15) is 0 Å². The summed E-state index contributed by atoms with van der Waals surface area (Å²) in [7, 11) is -3.46. The Morgan fingerprint density at radius 2 is 1.77 bits per heavy atom. The zero-order chi connectivity index (χ0) is 22.6. The number of benzene rings is 2. The van der Waals surface area contributed by atoms with Gasteiger partial charge >= 0.3 is 6.18 Å². The van der Waals surface area contributed by atoms with E-state index in [1.807, 2.05) is 0 Å². The van der Waals surface area contributed by atoms with Crippen molar-refractivity contribution >= 4 is 44.6 Å². The molecule has 1 heterocycles. The van der Waals surface area contributed by atoms with Crippen molar-refractivity contribution in [3.8, 4) is 0 Å². The van der Waals surface area contributed by atoms with Crippen molar-refractivity contribution in [3.05, 3.63) is 63.1 Å². The van der Waals surface area contributed by atoms with E-state index in [-0.39, 0.29) is 21.3 Å². The fourth-order valence-corrected chi connectivity index (χ4v) is 5.40. The minimum Gasteiger partial charge on any atom is -0.374 e. The number of oxime groups is 1. The predicted octanol–water partition coefficient (Wildman–Crippen LogP) is 5.79. The van der Waals surface area contributed by atoms with Crippen LogP contribution < -0.4 is 4.72 Å². The number of nitrogens with one attached hydrogen (secondary N) is 1. The minimum absolute atomic E-state index is 0.0475. The van der Waals surface area contributed by atoms with Gasteiger partial charge in [-0.15, -0.1) is 0 Å². The fourth-order valence-electron chi connectivity index (χ4n) is 3.42. The maximum Gasteiger partial charge on any atom is 0.435 e. The molecule has 31 heavy (non-hydrogen) atoms. The largest absolute Gasteiger partial charge is 0.435 e. The van der Waals surface area contributed by atoms with Gasteiger partial charge in [0.2, 0.25) is 10.0 Å². The van der Waals surface area contributed by atoms with Gasteiger partial charge in [-0.2, -0.15) is 13.2 Å². The van der Waals surface area contributed by atoms with Crippen molar-refractivity contribution in [2.45, 2.75) is 43.2 Å². The van der Waals surface area contributed by atoms with Gasteiger partial charge < -0.3 is 4.84 Å². The second kappa shape index (κ2) is 7.56. The monoisotopic (exact) mass is 492 g/mol. The van der Waals surface area contributed by atoms with Crippen LogP contribution in [0.4, 0.5) is 18.9 Å². The molecule has 0 aromatic heterocycles. The zero-order valence-electron chi connectivity index (χ0n) is 16.1. The van der Waals surface area contributed by atoms with Crippen molar-refractivity contribution in [3.63, 3.8) is 0 Å². The molecular formula is C20H17Cl2F3N2O3S. The SMILES string of the molecule is Cc1cc(C2=NOC(c3cc(Cl)cc(Cl)c3)(C(F)(F)F)C2)ccc1NS(=O)(=O)C1CC1. The molecule has 5 nitrogen and oxygen atoms in total. The van der Waals surface area contributed by atoms with Crippen molar-refractivity contribution in [2.24, 2.45) is 5.16 Å². The highest BCUT2D eigenvalue weighted by Crippen LogP contribution is 2.49. The molecule has 0 radical (unpaired) electrons. The topological polar surface area (TPSA) is 67.8 Å². The van der Waals surface area contributed by atoms with E-state index in [0.29, 0.717) is 29.7 Å². The van der Waals surface area contributed by atoms with E-state index in [1.54, 1.807) is 13.0 Å². The Hall–Kier alpha value is -1.97. The number of hydrogen-bond donors (Lipinski definition) is 1. The molecule has 2 aliphatic rings. The van der Waals surface area contributed by atoms with Gasteiger partial charge in [-0.25, -0.2) is 8.42 Å². The molecule has 1 unspecified atom stereocenters. The summed E-state index contributed by atoms with van der Waals surface area (Å²) in [5, 5.41) is 3.42. The Labute approximate surface area is 187 Å². The fraction of sp³-hybridized carbons (Fsp3) is 0.350. The van der Waals surface area contributed by atoms with E-state index >= 15 is 0 Å². The van der Waals surface area contributed by atoms with Crippen LogP contribution in [0.3, 0.4) is 0 Å². The lowest BCUT2D eigenvalue weighted by atomic mass is 9.86. The molecule has 0 amide bonds. The van der Waals surface area contributed by atoms with Crippen molar-refractivity contribution in [1.29, 1.82) is 0 Å². The van der Waals surface area contributed by atoms with Crippen LogP contribution in [0.25, 0.3) is 0 Å². The molecule has 11 heteroatoms. The molecule has 1 fully saturated rings. The Morgan fingerprint density at radius 1 is 1.13 bits per heavy atom. The van der Waals surface area contributed by atoms with Crippen LogP contribution in [0.2, 0.25) is 10.0 Å². The number of hydrogen-bond acceptors (Lipinski definition) is 4. The minimum atomic E-state index is -4.79. The van der Waals surface area contributed by atoms with E-state index in [0.717, 1.165) is 12.1 Å². The third-order valence-corrected chi connectivity index (χ3v) is 7.58. The number of alkyl halides is 3. The van der Waals surface area contributed by atoms with Crippen LogP contribution in [-0.2, 0) is 20.5 Å². The second-order valence-electron chi connectivity index (χ2n) is 7.67. The van der Waals surface area contributed by atoms with Crippen molar-refractivity contribution in [2.75, 3.05) is 4.72 Å². The van der Waals surface area contributed by atoms with Crippen LogP contribution in [0, 0.1) is 6.92 Å². The standard InChI is InChI=1S/C20H17Cl2F3N2O3S/c1-11-6-12(2-5-17(11)27-31(28,29)16-3-4-16)18-10-19(30-26-18,20(23,24)25)13-7-14(21)9-15(22)8-13/h2,5-9,16,27H,3-4,10H2,1H3. The Balaban J connectivity index is 1.63. The quantitative estimate of drug-likeness (QED) is 0.574. The third kappa shape index (κ3) is 4.23. The Kier molecular flexibility index (Phi) is 5.43. The van der Waals surface area contributed by atoms with Crippen molar-refractivity contribution in [1.82, 2.24) is 0 Å². The molecule has 1 aliphatic heterocycles. The van der Waals surface area contributed by atoms with Crippen LogP contribution >= 0.6 is 23.2 Å². The van der Waals surface area contributed by atoms with Crippen LogP contribution in [-0.4, -0.2) is 25.6 Å². The van der Waals surface area contributed by atoms with Crippen molar-refractivity contribution < 1.29 is 26.4 Å². The first kappa shape index (κ1) is 22.2. The first-order chi connectivity index (χ1) is 14.4. The highest BCUT2D eigenvalue weighted by atomic mass is 35.5. The van der Waals surface area contributed by atoms with E-state index in [4.69, 9.17) is 28.0 Å². The lowest BCUT2D eigenvalue weighted by molar-refractivity contribution is -0.275. The van der Waals surface area contributed by atoms with Gasteiger partial charge in [-0.05, 0) is 61.2 Å². The lowest BCUT2D eigenvalue weighted by Crippen LogP contribution is -2.42. The summed E-state index contributed by atoms with van der Waals surface area (Å²) in [5.74, 6) is 0. The summed E-state index contributed by atoms with van der Waals surface area (Å²) in [5.41, 5.74) is -1.57. The predicted molar refractivity (Wildman–Crippen MR) is 113 cm³/mol. The molecule has 166 valence electrons. The summed E-state index contributed by atoms with van der Waals surface area (Å²) >= 11 is 11.8. The summed E-state index contributed by atoms with van der Waals surface area (Å²) < 4.78 is 69.2. The van der Waals surface area contributed by atoms with E-state index < -0.39 is 33.5 Å². The van der Waals surface area contributed by atoms with Gasteiger partial charge in [0, 0.05) is 22.0 Å². The number of aryl methyl sites for hydroxylation is 1. The molecule has 4 rings (SSSR count). The molecule has 0 spiro atoms. The molecule has 0 bridgehead atoms. The van der Waals surface area contributed by atoms with E-state index in [2.05, 4.69) is 9.88 Å². The van der Waals surface area contributed by atoms with Crippen LogP contribution in [0.15, 0.2) is 41.6 Å². The molecule has 0 saturated heterocycles. The number of rotatable bonds is 5. The van der Waals surface area contributed by atoms with Gasteiger partial charge in [-0.1, -0.05) is 34.4 Å². The van der Waals surface area contributed by atoms with Crippen LogP contribution in [0.1, 0.15) is 36.0 Å². The average molecular weight is 493 g/mol. The molecule has 1 N–H and O–H groups in total. The molecule has 1 atom stereocenters. The maximum absolute atomic E-state index is 14.1. The van der Waals surface area contributed by atoms with Crippen LogP contribution in [0.5, 0.6) is 0 Å². The average Bonchev–Trinajstić information content (AvgIpc) is 3.41. The highest BCUT2D eigenvalue weighted by molar-refractivity contribution is 7.93. The molecule has 2 aromatic rings. The first-order valence-electron chi connectivity index (χ1n) is 9.32. The van der Waals surface area contributed by atoms with Gasteiger partial charge in [0.15, 0.2) is 0 Å². The second-order valence-corrected chi connectivity index (χ2v) is 10.5. The summed E-state index contributed by atoms with van der Waals surface area (Å²) in [6.07, 6.45) is -4.14.